The Morgan fingerprint density at radius 3 is 3.25 bits per heavy atom. The topological polar surface area (TPSA) is 38.4 Å². The lowest BCUT2D eigenvalue weighted by atomic mass is 10.4. The summed E-state index contributed by atoms with van der Waals surface area (Å²) in [6.07, 6.45) is 8.39. The summed E-state index contributed by atoms with van der Waals surface area (Å²) in [4.78, 5) is 3.85. The quantitative estimate of drug-likeness (QED) is 0.490. The number of hydrogen-bond acceptors (Lipinski definition) is 2. The highest BCUT2D eigenvalue weighted by Crippen LogP contribution is 1.91. The molecule has 0 atom stereocenters. The predicted octanol–water partition coefficient (Wildman–Crippen LogP) is 0.817. The monoisotopic (exact) mass is 108 g/mol. The molecule has 1 rings (SSSR count). The van der Waals surface area contributed by atoms with Crippen molar-refractivity contribution in [2.45, 2.75) is 6.42 Å². The molecule has 1 heterocycles. The number of allylic oxidation sites excluding steroid dienone is 2. The van der Waals surface area contributed by atoms with Crippen LogP contribution in [-0.4, -0.2) is 5.84 Å². The van der Waals surface area contributed by atoms with Gasteiger partial charge in [0, 0.05) is 6.20 Å². The predicted molar refractivity (Wildman–Crippen MR) is 34.5 cm³/mol. The molecule has 0 aromatic heterocycles. The molecule has 0 bridgehead atoms. The number of rotatable bonds is 0. The molecule has 0 aliphatic carbocycles. The van der Waals surface area contributed by atoms with Gasteiger partial charge in [-0.05, 0) is 12.5 Å². The molecule has 0 amide bonds. The highest BCUT2D eigenvalue weighted by Gasteiger charge is 1.82. The van der Waals surface area contributed by atoms with E-state index < -0.39 is 0 Å². The summed E-state index contributed by atoms with van der Waals surface area (Å²) in [5, 5.41) is 0. The van der Waals surface area contributed by atoms with Gasteiger partial charge in [-0.15, -0.1) is 0 Å². The van der Waals surface area contributed by atoms with Gasteiger partial charge in [0.25, 0.3) is 0 Å². The Labute approximate surface area is 48.4 Å². The Bertz CT molecular complexity index is 154. The zero-order valence-electron chi connectivity index (χ0n) is 4.54. The van der Waals surface area contributed by atoms with Gasteiger partial charge in [0.1, 0.15) is 5.84 Å². The maximum absolute atomic E-state index is 5.35. The van der Waals surface area contributed by atoms with E-state index >= 15 is 0 Å². The molecule has 1 aliphatic rings. The van der Waals surface area contributed by atoms with E-state index in [2.05, 4.69) is 4.99 Å². The van der Waals surface area contributed by atoms with Crippen molar-refractivity contribution in [3.8, 4) is 0 Å². The first-order valence-electron chi connectivity index (χ1n) is 2.54. The Kier molecular flexibility index (Phi) is 1.47. The summed E-state index contributed by atoms with van der Waals surface area (Å²) in [5.74, 6) is 0.582. The molecular weight excluding hydrogens is 100 g/mol. The third kappa shape index (κ3) is 1.22. The zero-order chi connectivity index (χ0) is 5.82. The van der Waals surface area contributed by atoms with Crippen molar-refractivity contribution < 1.29 is 0 Å². The molecule has 0 spiro atoms. The first-order chi connectivity index (χ1) is 3.89. The van der Waals surface area contributed by atoms with E-state index in [-0.39, 0.29) is 0 Å². The molecule has 2 heteroatoms. The third-order valence-electron chi connectivity index (χ3n) is 0.890. The third-order valence-corrected chi connectivity index (χ3v) is 0.890. The smallest absolute Gasteiger partial charge is 0.122 e. The summed E-state index contributed by atoms with van der Waals surface area (Å²) in [6, 6.07) is 0. The van der Waals surface area contributed by atoms with Crippen molar-refractivity contribution in [2.24, 2.45) is 10.7 Å². The summed E-state index contributed by atoms with van der Waals surface area (Å²) < 4.78 is 0. The van der Waals surface area contributed by atoms with E-state index in [4.69, 9.17) is 5.73 Å². The van der Waals surface area contributed by atoms with Crippen LogP contribution in [0.15, 0.2) is 29.4 Å². The van der Waals surface area contributed by atoms with Gasteiger partial charge >= 0.3 is 0 Å². The highest BCUT2D eigenvalue weighted by molar-refractivity contribution is 5.91. The first kappa shape index (κ1) is 5.09. The van der Waals surface area contributed by atoms with E-state index in [0.717, 1.165) is 6.42 Å². The summed E-state index contributed by atoms with van der Waals surface area (Å²) >= 11 is 0. The standard InChI is InChI=1S/C6H8N2/c7-6-4-2-1-3-5-8-6/h2-5H,1H2,(H2,7,8). The highest BCUT2D eigenvalue weighted by atomic mass is 14.8. The molecule has 0 unspecified atom stereocenters. The van der Waals surface area contributed by atoms with Crippen LogP contribution in [0.3, 0.4) is 0 Å². The minimum Gasteiger partial charge on any atom is -0.384 e. The Morgan fingerprint density at radius 2 is 2.38 bits per heavy atom. The molecule has 0 radical (unpaired) electrons. The maximum Gasteiger partial charge on any atom is 0.122 e. The van der Waals surface area contributed by atoms with Crippen LogP contribution in [-0.2, 0) is 0 Å². The van der Waals surface area contributed by atoms with E-state index in [1.54, 1.807) is 12.3 Å². The van der Waals surface area contributed by atoms with Gasteiger partial charge in [0.15, 0.2) is 0 Å². The van der Waals surface area contributed by atoms with Crippen molar-refractivity contribution in [1.29, 1.82) is 0 Å². The fraction of sp³-hybridized carbons (Fsp3) is 0.167. The molecule has 2 N–H and O–H groups in total. The molecule has 1 aliphatic heterocycles. The number of nitrogens with zero attached hydrogens (tertiary/aromatic N) is 1. The maximum atomic E-state index is 5.35. The molecular formula is C6H8N2. The van der Waals surface area contributed by atoms with Gasteiger partial charge in [-0.3, -0.25) is 0 Å². The molecule has 0 fully saturated rings. The number of aliphatic imine (C=N–C) groups is 1. The Morgan fingerprint density at radius 1 is 1.50 bits per heavy atom. The Balaban J connectivity index is 2.73. The van der Waals surface area contributed by atoms with Crippen LogP contribution in [0.1, 0.15) is 6.42 Å². The van der Waals surface area contributed by atoms with Crippen molar-refractivity contribution in [1.82, 2.24) is 0 Å². The van der Waals surface area contributed by atoms with Crippen LogP contribution < -0.4 is 5.73 Å². The van der Waals surface area contributed by atoms with Gasteiger partial charge in [0.2, 0.25) is 0 Å². The van der Waals surface area contributed by atoms with Crippen LogP contribution in [0.25, 0.3) is 0 Å². The van der Waals surface area contributed by atoms with Crippen molar-refractivity contribution in [3.63, 3.8) is 0 Å². The Hall–Kier alpha value is -1.05. The lowest BCUT2D eigenvalue weighted by Crippen LogP contribution is -2.05. The average Bonchev–Trinajstić information content (AvgIpc) is 1.94. The van der Waals surface area contributed by atoms with E-state index in [0.29, 0.717) is 5.84 Å². The molecule has 0 aromatic rings. The largest absolute Gasteiger partial charge is 0.384 e. The average molecular weight is 108 g/mol. The second-order valence-corrected chi connectivity index (χ2v) is 1.58. The van der Waals surface area contributed by atoms with Crippen molar-refractivity contribution in [2.75, 3.05) is 0 Å². The number of amidine groups is 1. The minimum atomic E-state index is 0.582. The fourth-order valence-electron chi connectivity index (χ4n) is 0.510. The summed E-state index contributed by atoms with van der Waals surface area (Å²) in [6.45, 7) is 0. The van der Waals surface area contributed by atoms with Crippen molar-refractivity contribution in [3.05, 3.63) is 24.4 Å². The molecule has 42 valence electrons. The molecule has 0 saturated carbocycles. The second kappa shape index (κ2) is 2.31. The van der Waals surface area contributed by atoms with E-state index in [9.17, 15) is 0 Å². The SMILES string of the molecule is NC1=NC=CCC=C1. The normalized spacial score (nSPS) is 17.8. The molecule has 0 aromatic carbocycles. The molecule has 8 heavy (non-hydrogen) atoms. The lowest BCUT2D eigenvalue weighted by Gasteiger charge is -1.81. The lowest BCUT2D eigenvalue weighted by molar-refractivity contribution is 1.38. The van der Waals surface area contributed by atoms with Gasteiger partial charge in [-0.1, -0.05) is 12.2 Å². The number of nitrogens with two attached hydrogens (primary N) is 1. The van der Waals surface area contributed by atoms with Crippen LogP contribution in [0, 0.1) is 0 Å². The van der Waals surface area contributed by atoms with Crippen LogP contribution >= 0.6 is 0 Å². The van der Waals surface area contributed by atoms with E-state index in [1.807, 2.05) is 12.2 Å². The van der Waals surface area contributed by atoms with Gasteiger partial charge < -0.3 is 5.73 Å². The van der Waals surface area contributed by atoms with Gasteiger partial charge in [0.05, 0.1) is 0 Å². The van der Waals surface area contributed by atoms with Crippen LogP contribution in [0.4, 0.5) is 0 Å². The van der Waals surface area contributed by atoms with E-state index in [1.165, 1.54) is 0 Å². The minimum absolute atomic E-state index is 0.582. The molecule has 2 nitrogen and oxygen atoms in total. The molecule has 0 saturated heterocycles. The van der Waals surface area contributed by atoms with Crippen molar-refractivity contribution >= 4 is 5.84 Å². The van der Waals surface area contributed by atoms with Crippen LogP contribution in [0.2, 0.25) is 0 Å². The van der Waals surface area contributed by atoms with Gasteiger partial charge in [-0.25, -0.2) is 4.99 Å². The second-order valence-electron chi connectivity index (χ2n) is 1.58. The summed E-state index contributed by atoms with van der Waals surface area (Å²) in [5.41, 5.74) is 5.35. The summed E-state index contributed by atoms with van der Waals surface area (Å²) in [7, 11) is 0. The fourth-order valence-corrected chi connectivity index (χ4v) is 0.510. The number of hydrogen-bond donors (Lipinski definition) is 1. The zero-order valence-corrected chi connectivity index (χ0v) is 4.54. The van der Waals surface area contributed by atoms with Gasteiger partial charge in [-0.2, -0.15) is 0 Å². The first-order valence-corrected chi connectivity index (χ1v) is 2.54. The van der Waals surface area contributed by atoms with Crippen LogP contribution in [0.5, 0.6) is 0 Å².